The quantitative estimate of drug-likeness (QED) is 0.656. The van der Waals surface area contributed by atoms with Crippen LogP contribution < -0.4 is 11.1 Å². The number of hydrogen-bond acceptors (Lipinski definition) is 4. The third-order valence-electron chi connectivity index (χ3n) is 2.78. The number of rotatable bonds is 5. The average Bonchev–Trinajstić information content (AvgIpc) is 2.48. The van der Waals surface area contributed by atoms with Gasteiger partial charge in [-0.3, -0.25) is 4.79 Å². The van der Waals surface area contributed by atoms with Crippen molar-refractivity contribution in [1.82, 2.24) is 0 Å². The van der Waals surface area contributed by atoms with E-state index in [0.29, 0.717) is 29.1 Å². The van der Waals surface area contributed by atoms with Gasteiger partial charge >= 0.3 is 0 Å². The van der Waals surface area contributed by atoms with Crippen LogP contribution in [-0.4, -0.2) is 11.7 Å². The van der Waals surface area contributed by atoms with Gasteiger partial charge < -0.3 is 11.1 Å². The molecule has 0 saturated carbocycles. The van der Waals surface area contributed by atoms with E-state index in [2.05, 4.69) is 11.4 Å². The van der Waals surface area contributed by atoms with Crippen LogP contribution >= 0.6 is 11.8 Å². The number of nitrogen functional groups attached to an aromatic ring is 1. The van der Waals surface area contributed by atoms with Crippen molar-refractivity contribution >= 4 is 29.0 Å². The topological polar surface area (TPSA) is 78.9 Å². The van der Waals surface area contributed by atoms with Crippen molar-refractivity contribution in [2.45, 2.75) is 11.3 Å². The molecule has 0 aliphatic heterocycles. The number of nitrogens with two attached hydrogens (primary N) is 1. The van der Waals surface area contributed by atoms with Crippen molar-refractivity contribution in [3.8, 4) is 6.07 Å². The van der Waals surface area contributed by atoms with Crippen LogP contribution in [0.25, 0.3) is 0 Å². The van der Waals surface area contributed by atoms with Gasteiger partial charge in [-0.15, -0.1) is 11.8 Å². The molecule has 0 aliphatic rings. The van der Waals surface area contributed by atoms with Crippen LogP contribution in [0.2, 0.25) is 0 Å². The Morgan fingerprint density at radius 1 is 1.24 bits per heavy atom. The highest BCUT2D eigenvalue weighted by Crippen LogP contribution is 2.21. The second-order valence-corrected chi connectivity index (χ2v) is 5.54. The maximum absolute atomic E-state index is 11.9. The Morgan fingerprint density at radius 2 is 2.05 bits per heavy atom. The zero-order valence-electron chi connectivity index (χ0n) is 11.4. The van der Waals surface area contributed by atoms with Crippen LogP contribution in [0.5, 0.6) is 0 Å². The molecule has 0 bridgehead atoms. The Balaban J connectivity index is 1.84. The number of carbonyl (C=O) groups is 1. The van der Waals surface area contributed by atoms with Crippen LogP contribution in [0.1, 0.15) is 12.0 Å². The second kappa shape index (κ2) is 7.36. The number of para-hydroxylation sites is 1. The van der Waals surface area contributed by atoms with Gasteiger partial charge in [-0.05, 0) is 30.3 Å². The van der Waals surface area contributed by atoms with Gasteiger partial charge in [-0.2, -0.15) is 5.26 Å². The fraction of sp³-hybridized carbons (Fsp3) is 0.125. The van der Waals surface area contributed by atoms with Crippen molar-refractivity contribution in [1.29, 1.82) is 5.26 Å². The van der Waals surface area contributed by atoms with E-state index in [-0.39, 0.29) is 5.91 Å². The third-order valence-corrected chi connectivity index (χ3v) is 3.77. The fourth-order valence-electron chi connectivity index (χ4n) is 1.77. The first-order valence-electron chi connectivity index (χ1n) is 6.46. The maximum atomic E-state index is 11.9. The molecule has 2 aromatic rings. The Morgan fingerprint density at radius 3 is 2.81 bits per heavy atom. The van der Waals surface area contributed by atoms with Gasteiger partial charge in [0.05, 0.1) is 11.3 Å². The zero-order valence-corrected chi connectivity index (χ0v) is 12.2. The van der Waals surface area contributed by atoms with Gasteiger partial charge in [0.2, 0.25) is 5.91 Å². The van der Waals surface area contributed by atoms with E-state index in [9.17, 15) is 4.79 Å². The minimum absolute atomic E-state index is 0.103. The third kappa shape index (κ3) is 4.55. The number of nitrogens with one attached hydrogen (secondary N) is 1. The van der Waals surface area contributed by atoms with E-state index in [4.69, 9.17) is 11.0 Å². The second-order valence-electron chi connectivity index (χ2n) is 4.38. The van der Waals surface area contributed by atoms with Gasteiger partial charge in [0, 0.05) is 22.8 Å². The SMILES string of the molecule is N#Cc1ccccc1NC(=O)CCSc1cccc(N)c1. The number of amides is 1. The first-order valence-corrected chi connectivity index (χ1v) is 7.45. The van der Waals surface area contributed by atoms with Crippen molar-refractivity contribution in [2.75, 3.05) is 16.8 Å². The molecule has 0 fully saturated rings. The van der Waals surface area contributed by atoms with Gasteiger partial charge in [0.1, 0.15) is 6.07 Å². The lowest BCUT2D eigenvalue weighted by Crippen LogP contribution is -2.13. The summed E-state index contributed by atoms with van der Waals surface area (Å²) in [7, 11) is 0. The lowest BCUT2D eigenvalue weighted by atomic mass is 10.2. The zero-order chi connectivity index (χ0) is 15.1. The van der Waals surface area contributed by atoms with E-state index in [1.165, 1.54) is 0 Å². The van der Waals surface area contributed by atoms with Gasteiger partial charge in [-0.1, -0.05) is 18.2 Å². The molecule has 0 spiro atoms. The number of nitrogens with zero attached hydrogens (tertiary/aromatic N) is 1. The highest BCUT2D eigenvalue weighted by atomic mass is 32.2. The van der Waals surface area contributed by atoms with Crippen LogP contribution in [-0.2, 0) is 4.79 Å². The molecule has 5 heteroatoms. The van der Waals surface area contributed by atoms with E-state index in [0.717, 1.165) is 4.90 Å². The molecular weight excluding hydrogens is 282 g/mol. The Labute approximate surface area is 128 Å². The fourth-order valence-corrected chi connectivity index (χ4v) is 2.69. The Bertz CT molecular complexity index is 679. The molecule has 0 radical (unpaired) electrons. The number of benzene rings is 2. The monoisotopic (exact) mass is 297 g/mol. The van der Waals surface area contributed by atoms with Crippen LogP contribution in [0.4, 0.5) is 11.4 Å². The highest BCUT2D eigenvalue weighted by Gasteiger charge is 2.06. The predicted octanol–water partition coefficient (Wildman–Crippen LogP) is 3.26. The van der Waals surface area contributed by atoms with Crippen molar-refractivity contribution in [3.05, 3.63) is 54.1 Å². The van der Waals surface area contributed by atoms with Crippen molar-refractivity contribution in [3.63, 3.8) is 0 Å². The number of nitriles is 1. The maximum Gasteiger partial charge on any atom is 0.225 e. The summed E-state index contributed by atoms with van der Waals surface area (Å²) in [5.74, 6) is 0.554. The molecule has 2 aromatic carbocycles. The smallest absolute Gasteiger partial charge is 0.225 e. The summed E-state index contributed by atoms with van der Waals surface area (Å²) in [5.41, 5.74) is 7.44. The molecule has 2 rings (SSSR count). The van der Waals surface area contributed by atoms with Crippen LogP contribution in [0, 0.1) is 11.3 Å². The van der Waals surface area contributed by atoms with E-state index in [1.807, 2.05) is 24.3 Å². The molecule has 4 nitrogen and oxygen atoms in total. The minimum atomic E-state index is -0.103. The summed E-state index contributed by atoms with van der Waals surface area (Å²) < 4.78 is 0. The molecule has 0 saturated heterocycles. The summed E-state index contributed by atoms with van der Waals surface area (Å²) in [6.07, 6.45) is 0.374. The lowest BCUT2D eigenvalue weighted by molar-refractivity contribution is -0.115. The van der Waals surface area contributed by atoms with E-state index >= 15 is 0 Å². The molecule has 0 heterocycles. The number of thioether (sulfide) groups is 1. The van der Waals surface area contributed by atoms with Crippen LogP contribution in [0.3, 0.4) is 0 Å². The van der Waals surface area contributed by atoms with Gasteiger partial charge in [-0.25, -0.2) is 0 Å². The van der Waals surface area contributed by atoms with Gasteiger partial charge in [0.25, 0.3) is 0 Å². The number of carbonyl (C=O) groups excluding carboxylic acids is 1. The molecule has 0 atom stereocenters. The first kappa shape index (κ1) is 14.9. The van der Waals surface area contributed by atoms with Crippen molar-refractivity contribution < 1.29 is 4.79 Å². The first-order chi connectivity index (χ1) is 10.2. The Hall–Kier alpha value is -2.45. The molecule has 0 aromatic heterocycles. The standard InChI is InChI=1S/C16H15N3OS/c17-11-12-4-1-2-7-15(12)19-16(20)8-9-21-14-6-3-5-13(18)10-14/h1-7,10H,8-9,18H2,(H,19,20). The summed E-state index contributed by atoms with van der Waals surface area (Å²) in [5, 5.41) is 11.7. The number of hydrogen-bond donors (Lipinski definition) is 2. The largest absolute Gasteiger partial charge is 0.399 e. The molecule has 106 valence electrons. The normalized spacial score (nSPS) is 9.86. The number of anilines is 2. The van der Waals surface area contributed by atoms with Gasteiger partial charge in [0.15, 0.2) is 0 Å². The van der Waals surface area contributed by atoms with E-state index < -0.39 is 0 Å². The molecule has 3 N–H and O–H groups in total. The molecule has 0 unspecified atom stereocenters. The Kier molecular flexibility index (Phi) is 5.24. The van der Waals surface area contributed by atoms with E-state index in [1.54, 1.807) is 36.0 Å². The molecular formula is C16H15N3OS. The lowest BCUT2D eigenvalue weighted by Gasteiger charge is -2.07. The highest BCUT2D eigenvalue weighted by molar-refractivity contribution is 7.99. The summed E-state index contributed by atoms with van der Waals surface area (Å²) in [6, 6.07) is 16.6. The predicted molar refractivity (Wildman–Crippen MR) is 86.0 cm³/mol. The molecule has 0 aliphatic carbocycles. The minimum Gasteiger partial charge on any atom is -0.399 e. The average molecular weight is 297 g/mol. The summed E-state index contributed by atoms with van der Waals surface area (Å²) in [6.45, 7) is 0. The summed E-state index contributed by atoms with van der Waals surface area (Å²) in [4.78, 5) is 12.9. The molecule has 21 heavy (non-hydrogen) atoms. The molecule has 1 amide bonds. The van der Waals surface area contributed by atoms with Crippen LogP contribution in [0.15, 0.2) is 53.4 Å². The van der Waals surface area contributed by atoms with Crippen molar-refractivity contribution in [2.24, 2.45) is 0 Å². The summed E-state index contributed by atoms with van der Waals surface area (Å²) >= 11 is 1.58.